The van der Waals surface area contributed by atoms with Gasteiger partial charge < -0.3 is 10.2 Å². The van der Waals surface area contributed by atoms with E-state index in [1.54, 1.807) is 12.4 Å². The molecule has 0 fully saturated rings. The highest BCUT2D eigenvalue weighted by molar-refractivity contribution is 7.10. The average Bonchev–Trinajstić information content (AvgIpc) is 3.02. The average molecular weight is 363 g/mol. The number of hydrogen-bond acceptors (Lipinski definition) is 6. The van der Waals surface area contributed by atoms with Gasteiger partial charge in [0, 0.05) is 29.8 Å². The van der Waals surface area contributed by atoms with Gasteiger partial charge in [0.1, 0.15) is 12.1 Å². The van der Waals surface area contributed by atoms with Crippen molar-refractivity contribution in [3.63, 3.8) is 0 Å². The van der Waals surface area contributed by atoms with Crippen molar-refractivity contribution in [2.75, 3.05) is 0 Å². The standard InChI is InChI=1S/C17H21N3O4S/c1-10(2)7-12(16(21)22)19-13(17(23)24)8-15-20-14(9-25-15)11-3-5-18-6-4-11/h3-6,9-10,12-13,19H,7-8H2,1-2H3,(H,21,22)(H,23,24). The van der Waals surface area contributed by atoms with E-state index in [0.717, 1.165) is 11.3 Å². The van der Waals surface area contributed by atoms with Crippen molar-refractivity contribution < 1.29 is 19.8 Å². The summed E-state index contributed by atoms with van der Waals surface area (Å²) in [6.45, 7) is 3.80. The Labute approximate surface area is 149 Å². The second kappa shape index (κ2) is 8.68. The summed E-state index contributed by atoms with van der Waals surface area (Å²) in [6, 6.07) is 1.75. The van der Waals surface area contributed by atoms with Crippen LogP contribution in [0.25, 0.3) is 11.3 Å². The van der Waals surface area contributed by atoms with Crippen molar-refractivity contribution in [1.29, 1.82) is 0 Å². The molecule has 0 saturated carbocycles. The monoisotopic (exact) mass is 363 g/mol. The molecule has 7 nitrogen and oxygen atoms in total. The minimum atomic E-state index is -1.09. The number of hydrogen-bond donors (Lipinski definition) is 3. The molecule has 0 amide bonds. The van der Waals surface area contributed by atoms with E-state index >= 15 is 0 Å². The second-order valence-corrected chi connectivity index (χ2v) is 7.09. The predicted molar refractivity (Wildman–Crippen MR) is 94.5 cm³/mol. The molecule has 2 aromatic rings. The first-order valence-corrected chi connectivity index (χ1v) is 8.81. The fourth-order valence-corrected chi connectivity index (χ4v) is 3.26. The SMILES string of the molecule is CC(C)CC(NC(Cc1nc(-c2ccncc2)cs1)C(=O)O)C(=O)O. The van der Waals surface area contributed by atoms with Crippen LogP contribution >= 0.6 is 11.3 Å². The van der Waals surface area contributed by atoms with E-state index in [4.69, 9.17) is 0 Å². The van der Waals surface area contributed by atoms with Crippen LogP contribution in [0.1, 0.15) is 25.3 Å². The highest BCUT2D eigenvalue weighted by atomic mass is 32.1. The lowest BCUT2D eigenvalue weighted by molar-refractivity contribution is -0.142. The molecule has 25 heavy (non-hydrogen) atoms. The Morgan fingerprint density at radius 1 is 1.16 bits per heavy atom. The number of aromatic nitrogens is 2. The number of thiazole rings is 1. The molecule has 8 heteroatoms. The van der Waals surface area contributed by atoms with E-state index in [-0.39, 0.29) is 12.3 Å². The molecule has 0 spiro atoms. The summed E-state index contributed by atoms with van der Waals surface area (Å²) in [5.41, 5.74) is 1.66. The van der Waals surface area contributed by atoms with E-state index in [2.05, 4.69) is 15.3 Å². The lowest BCUT2D eigenvalue weighted by Crippen LogP contribution is -2.48. The molecule has 2 rings (SSSR count). The number of rotatable bonds is 9. The first-order chi connectivity index (χ1) is 11.9. The van der Waals surface area contributed by atoms with Crippen LogP contribution in [0.2, 0.25) is 0 Å². The van der Waals surface area contributed by atoms with Gasteiger partial charge in [0.05, 0.1) is 10.7 Å². The molecular weight excluding hydrogens is 342 g/mol. The van der Waals surface area contributed by atoms with Crippen LogP contribution in [0.4, 0.5) is 0 Å². The second-order valence-electron chi connectivity index (χ2n) is 6.14. The van der Waals surface area contributed by atoms with Crippen molar-refractivity contribution in [2.45, 2.75) is 38.8 Å². The van der Waals surface area contributed by atoms with Crippen LogP contribution in [0.15, 0.2) is 29.9 Å². The van der Waals surface area contributed by atoms with Crippen molar-refractivity contribution in [3.8, 4) is 11.3 Å². The molecule has 134 valence electrons. The van der Waals surface area contributed by atoms with Crippen molar-refractivity contribution >= 4 is 23.3 Å². The van der Waals surface area contributed by atoms with E-state index in [1.165, 1.54) is 11.3 Å². The summed E-state index contributed by atoms with van der Waals surface area (Å²) >= 11 is 1.36. The van der Waals surface area contributed by atoms with E-state index in [1.807, 2.05) is 31.4 Å². The van der Waals surface area contributed by atoms with Crippen LogP contribution in [0.3, 0.4) is 0 Å². The van der Waals surface area contributed by atoms with Gasteiger partial charge in [-0.05, 0) is 24.5 Å². The third kappa shape index (κ3) is 5.61. The molecule has 2 heterocycles. The number of carboxylic acid groups (broad SMARTS) is 2. The highest BCUT2D eigenvalue weighted by Crippen LogP contribution is 2.22. The van der Waals surface area contributed by atoms with E-state index in [9.17, 15) is 19.8 Å². The van der Waals surface area contributed by atoms with E-state index in [0.29, 0.717) is 11.4 Å². The number of pyridine rings is 1. The van der Waals surface area contributed by atoms with E-state index < -0.39 is 24.0 Å². The fourth-order valence-electron chi connectivity index (χ4n) is 2.41. The number of nitrogens with one attached hydrogen (secondary N) is 1. The van der Waals surface area contributed by atoms with Crippen LogP contribution < -0.4 is 5.32 Å². The normalized spacial score (nSPS) is 13.6. The van der Waals surface area contributed by atoms with Gasteiger partial charge in [-0.25, -0.2) is 4.98 Å². The first kappa shape index (κ1) is 19.0. The maximum absolute atomic E-state index is 11.5. The predicted octanol–water partition coefficient (Wildman–Crippen LogP) is 2.29. The number of nitrogens with zero attached hydrogens (tertiary/aromatic N) is 2. The third-order valence-corrected chi connectivity index (χ3v) is 4.48. The molecular formula is C17H21N3O4S. The van der Waals surface area contributed by atoms with Crippen LogP contribution in [0.5, 0.6) is 0 Å². The zero-order valence-corrected chi connectivity index (χ0v) is 14.9. The molecule has 0 radical (unpaired) electrons. The summed E-state index contributed by atoms with van der Waals surface area (Å²) in [5, 5.41) is 24.0. The van der Waals surface area contributed by atoms with Crippen molar-refractivity contribution in [2.24, 2.45) is 5.92 Å². The van der Waals surface area contributed by atoms with Crippen molar-refractivity contribution in [3.05, 3.63) is 34.9 Å². The molecule has 2 unspecified atom stereocenters. The van der Waals surface area contributed by atoms with Gasteiger partial charge in [-0.15, -0.1) is 11.3 Å². The topological polar surface area (TPSA) is 112 Å². The molecule has 0 aromatic carbocycles. The lowest BCUT2D eigenvalue weighted by atomic mass is 10.0. The zero-order chi connectivity index (χ0) is 18.4. The van der Waals surface area contributed by atoms with Gasteiger partial charge in [-0.3, -0.25) is 19.9 Å². The van der Waals surface area contributed by atoms with Gasteiger partial charge in [-0.2, -0.15) is 0 Å². The minimum absolute atomic E-state index is 0.132. The Bertz CT molecular complexity index is 718. The fraction of sp³-hybridized carbons (Fsp3) is 0.412. The Kier molecular flexibility index (Phi) is 6.60. The van der Waals surface area contributed by atoms with Crippen molar-refractivity contribution in [1.82, 2.24) is 15.3 Å². The molecule has 3 N–H and O–H groups in total. The summed E-state index contributed by atoms with van der Waals surface area (Å²) < 4.78 is 0. The molecule has 0 aliphatic rings. The van der Waals surface area contributed by atoms with Crippen LogP contribution in [-0.2, 0) is 16.0 Å². The Morgan fingerprint density at radius 3 is 2.36 bits per heavy atom. The van der Waals surface area contributed by atoms with Gasteiger partial charge in [-0.1, -0.05) is 13.8 Å². The minimum Gasteiger partial charge on any atom is -0.480 e. The number of aliphatic carboxylic acids is 2. The van der Waals surface area contributed by atoms with Gasteiger partial charge in [0.2, 0.25) is 0 Å². The number of carbonyl (C=O) groups is 2. The summed E-state index contributed by atoms with van der Waals surface area (Å²) in [4.78, 5) is 31.3. The van der Waals surface area contributed by atoms with Gasteiger partial charge in [0.25, 0.3) is 0 Å². The Balaban J connectivity index is 2.10. The maximum Gasteiger partial charge on any atom is 0.321 e. The Morgan fingerprint density at radius 2 is 1.80 bits per heavy atom. The molecule has 2 atom stereocenters. The van der Waals surface area contributed by atoms with Crippen LogP contribution in [0, 0.1) is 5.92 Å². The molecule has 0 saturated heterocycles. The highest BCUT2D eigenvalue weighted by Gasteiger charge is 2.27. The lowest BCUT2D eigenvalue weighted by Gasteiger charge is -2.21. The summed E-state index contributed by atoms with van der Waals surface area (Å²) in [7, 11) is 0. The first-order valence-electron chi connectivity index (χ1n) is 7.93. The molecule has 0 bridgehead atoms. The summed E-state index contributed by atoms with van der Waals surface area (Å²) in [5.74, 6) is -1.99. The van der Waals surface area contributed by atoms with Gasteiger partial charge in [0.15, 0.2) is 0 Å². The maximum atomic E-state index is 11.5. The Hall–Kier alpha value is -2.32. The summed E-state index contributed by atoms with van der Waals surface area (Å²) in [6.07, 6.45) is 3.82. The molecule has 2 aromatic heterocycles. The van der Waals surface area contributed by atoms with Crippen LogP contribution in [-0.4, -0.2) is 44.2 Å². The quantitative estimate of drug-likeness (QED) is 0.626. The zero-order valence-electron chi connectivity index (χ0n) is 14.0. The number of carboxylic acids is 2. The smallest absolute Gasteiger partial charge is 0.321 e. The molecule has 0 aliphatic carbocycles. The van der Waals surface area contributed by atoms with Gasteiger partial charge >= 0.3 is 11.9 Å². The largest absolute Gasteiger partial charge is 0.480 e. The third-order valence-electron chi connectivity index (χ3n) is 3.61. The molecule has 0 aliphatic heterocycles.